The molecular weight excluding hydrogens is 286 g/mol. The van der Waals surface area contributed by atoms with Gasteiger partial charge < -0.3 is 10.1 Å². The molecule has 1 aromatic heterocycles. The van der Waals surface area contributed by atoms with Gasteiger partial charge >= 0.3 is 0 Å². The quantitative estimate of drug-likeness (QED) is 0.753. The van der Waals surface area contributed by atoms with Crippen molar-refractivity contribution in [2.75, 3.05) is 12.4 Å². The van der Waals surface area contributed by atoms with E-state index >= 15 is 0 Å². The van der Waals surface area contributed by atoms with Crippen molar-refractivity contribution in [2.45, 2.75) is 26.3 Å². The van der Waals surface area contributed by atoms with Gasteiger partial charge in [0.05, 0.1) is 12.6 Å². The molecule has 0 unspecified atom stereocenters. The minimum absolute atomic E-state index is 0.358. The van der Waals surface area contributed by atoms with Crippen LogP contribution in [0.1, 0.15) is 20.3 Å². The third-order valence-corrected chi connectivity index (χ3v) is 3.95. The van der Waals surface area contributed by atoms with Gasteiger partial charge in [-0.05, 0) is 49.7 Å². The minimum Gasteiger partial charge on any atom is -0.497 e. The number of hydrogen-bond acceptors (Lipinski definition) is 4. The SMILES string of the molecule is CC[C@H](C)Nc1nc(-c2ccc(OC)cc2)nc2ccccc12. The highest BCUT2D eigenvalue weighted by atomic mass is 16.5. The summed E-state index contributed by atoms with van der Waals surface area (Å²) >= 11 is 0. The molecule has 1 N–H and O–H groups in total. The van der Waals surface area contributed by atoms with Gasteiger partial charge in [0.25, 0.3) is 0 Å². The van der Waals surface area contributed by atoms with E-state index in [1.807, 2.05) is 42.5 Å². The van der Waals surface area contributed by atoms with Crippen LogP contribution in [-0.4, -0.2) is 23.1 Å². The van der Waals surface area contributed by atoms with E-state index in [2.05, 4.69) is 25.2 Å². The average molecular weight is 307 g/mol. The molecule has 0 radical (unpaired) electrons. The Kier molecular flexibility index (Phi) is 4.42. The van der Waals surface area contributed by atoms with E-state index in [1.165, 1.54) is 0 Å². The summed E-state index contributed by atoms with van der Waals surface area (Å²) in [6.07, 6.45) is 1.04. The summed E-state index contributed by atoms with van der Waals surface area (Å²) in [5.41, 5.74) is 1.92. The van der Waals surface area contributed by atoms with Crippen LogP contribution in [0.15, 0.2) is 48.5 Å². The van der Waals surface area contributed by atoms with Crippen LogP contribution >= 0.6 is 0 Å². The van der Waals surface area contributed by atoms with E-state index < -0.39 is 0 Å². The van der Waals surface area contributed by atoms with Crippen LogP contribution < -0.4 is 10.1 Å². The maximum atomic E-state index is 5.21. The van der Waals surface area contributed by atoms with E-state index in [0.29, 0.717) is 6.04 Å². The molecule has 0 aliphatic carbocycles. The van der Waals surface area contributed by atoms with Gasteiger partial charge in [-0.15, -0.1) is 0 Å². The van der Waals surface area contributed by atoms with Crippen molar-refractivity contribution >= 4 is 16.7 Å². The molecule has 0 spiro atoms. The average Bonchev–Trinajstić information content (AvgIpc) is 2.61. The molecule has 0 amide bonds. The molecule has 4 nitrogen and oxygen atoms in total. The highest BCUT2D eigenvalue weighted by Gasteiger charge is 2.10. The zero-order valence-corrected chi connectivity index (χ0v) is 13.7. The zero-order chi connectivity index (χ0) is 16.2. The van der Waals surface area contributed by atoms with E-state index in [1.54, 1.807) is 7.11 Å². The van der Waals surface area contributed by atoms with E-state index in [0.717, 1.165) is 40.3 Å². The second-order valence-electron chi connectivity index (χ2n) is 5.60. The van der Waals surface area contributed by atoms with Gasteiger partial charge in [-0.25, -0.2) is 9.97 Å². The first kappa shape index (κ1) is 15.3. The van der Waals surface area contributed by atoms with Crippen LogP contribution in [0.2, 0.25) is 0 Å². The fourth-order valence-corrected chi connectivity index (χ4v) is 2.39. The summed E-state index contributed by atoms with van der Waals surface area (Å²) < 4.78 is 5.21. The second kappa shape index (κ2) is 6.65. The van der Waals surface area contributed by atoms with Crippen molar-refractivity contribution in [1.29, 1.82) is 0 Å². The molecule has 1 atom stereocenters. The first-order valence-corrected chi connectivity index (χ1v) is 7.89. The Balaban J connectivity index is 2.09. The molecule has 0 aliphatic rings. The maximum Gasteiger partial charge on any atom is 0.162 e. The van der Waals surface area contributed by atoms with Gasteiger partial charge in [0.15, 0.2) is 5.82 Å². The first-order valence-electron chi connectivity index (χ1n) is 7.89. The molecule has 2 aromatic carbocycles. The lowest BCUT2D eigenvalue weighted by molar-refractivity contribution is 0.415. The molecule has 4 heteroatoms. The fourth-order valence-electron chi connectivity index (χ4n) is 2.39. The van der Waals surface area contributed by atoms with Gasteiger partial charge in [-0.1, -0.05) is 19.1 Å². The molecule has 118 valence electrons. The van der Waals surface area contributed by atoms with Gasteiger partial charge in [0, 0.05) is 17.0 Å². The third-order valence-electron chi connectivity index (χ3n) is 3.95. The number of hydrogen-bond donors (Lipinski definition) is 1. The van der Waals surface area contributed by atoms with Crippen LogP contribution in [-0.2, 0) is 0 Å². The summed E-state index contributed by atoms with van der Waals surface area (Å²) in [5.74, 6) is 2.43. The van der Waals surface area contributed by atoms with E-state index in [4.69, 9.17) is 14.7 Å². The maximum absolute atomic E-state index is 5.21. The summed E-state index contributed by atoms with van der Waals surface area (Å²) in [6.45, 7) is 4.31. The number of ether oxygens (including phenoxy) is 1. The number of nitrogens with zero attached hydrogens (tertiary/aromatic N) is 2. The number of methoxy groups -OCH3 is 1. The van der Waals surface area contributed by atoms with Gasteiger partial charge in [-0.2, -0.15) is 0 Å². The van der Waals surface area contributed by atoms with Crippen molar-refractivity contribution in [3.05, 3.63) is 48.5 Å². The molecule has 3 rings (SSSR count). The highest BCUT2D eigenvalue weighted by molar-refractivity contribution is 5.90. The smallest absolute Gasteiger partial charge is 0.162 e. The normalized spacial score (nSPS) is 12.1. The van der Waals surface area contributed by atoms with Crippen molar-refractivity contribution in [1.82, 2.24) is 9.97 Å². The number of anilines is 1. The Morgan fingerprint density at radius 2 is 1.78 bits per heavy atom. The molecule has 0 fully saturated rings. The molecule has 0 saturated carbocycles. The summed E-state index contributed by atoms with van der Waals surface area (Å²) in [7, 11) is 1.66. The Bertz CT molecular complexity index is 799. The van der Waals surface area contributed by atoms with Crippen LogP contribution in [0, 0.1) is 0 Å². The lowest BCUT2D eigenvalue weighted by Gasteiger charge is -2.15. The van der Waals surface area contributed by atoms with Crippen molar-refractivity contribution in [3.8, 4) is 17.1 Å². The van der Waals surface area contributed by atoms with Gasteiger partial charge in [-0.3, -0.25) is 0 Å². The lowest BCUT2D eigenvalue weighted by Crippen LogP contribution is -2.15. The van der Waals surface area contributed by atoms with Crippen molar-refractivity contribution in [3.63, 3.8) is 0 Å². The number of para-hydroxylation sites is 1. The van der Waals surface area contributed by atoms with Crippen molar-refractivity contribution < 1.29 is 4.74 Å². The molecule has 0 bridgehead atoms. The predicted molar refractivity (Wildman–Crippen MR) is 94.9 cm³/mol. The zero-order valence-electron chi connectivity index (χ0n) is 13.7. The molecule has 0 saturated heterocycles. The summed E-state index contributed by atoms with van der Waals surface area (Å²) in [4.78, 5) is 9.45. The van der Waals surface area contributed by atoms with Gasteiger partial charge in [0.2, 0.25) is 0 Å². The number of benzene rings is 2. The highest BCUT2D eigenvalue weighted by Crippen LogP contribution is 2.26. The minimum atomic E-state index is 0.358. The van der Waals surface area contributed by atoms with Crippen LogP contribution in [0.3, 0.4) is 0 Å². The topological polar surface area (TPSA) is 47.0 Å². The molecular formula is C19H21N3O. The Labute approximate surface area is 136 Å². The van der Waals surface area contributed by atoms with Crippen molar-refractivity contribution in [2.24, 2.45) is 0 Å². The van der Waals surface area contributed by atoms with Crippen LogP contribution in [0.25, 0.3) is 22.3 Å². The summed E-state index contributed by atoms with van der Waals surface area (Å²) in [6, 6.07) is 16.3. The standard InChI is InChI=1S/C19H21N3O/c1-4-13(2)20-19-16-7-5-6-8-17(16)21-18(22-19)14-9-11-15(23-3)12-10-14/h5-13H,4H2,1-3H3,(H,20,21,22)/t13-/m0/s1. The van der Waals surface area contributed by atoms with E-state index in [9.17, 15) is 0 Å². The Morgan fingerprint density at radius 1 is 1.04 bits per heavy atom. The largest absolute Gasteiger partial charge is 0.497 e. The second-order valence-corrected chi connectivity index (χ2v) is 5.60. The molecule has 0 aliphatic heterocycles. The third kappa shape index (κ3) is 3.26. The fraction of sp³-hybridized carbons (Fsp3) is 0.263. The summed E-state index contributed by atoms with van der Waals surface area (Å²) in [5, 5.41) is 4.54. The van der Waals surface area contributed by atoms with E-state index in [-0.39, 0.29) is 0 Å². The lowest BCUT2D eigenvalue weighted by atomic mass is 10.1. The molecule has 23 heavy (non-hydrogen) atoms. The molecule has 1 heterocycles. The van der Waals surface area contributed by atoms with Crippen LogP contribution in [0.5, 0.6) is 5.75 Å². The monoisotopic (exact) mass is 307 g/mol. The first-order chi connectivity index (χ1) is 11.2. The van der Waals surface area contributed by atoms with Crippen LogP contribution in [0.4, 0.5) is 5.82 Å². The molecule has 3 aromatic rings. The number of aromatic nitrogens is 2. The number of nitrogens with one attached hydrogen (secondary N) is 1. The predicted octanol–water partition coefficient (Wildman–Crippen LogP) is 4.52. The number of fused-ring (bicyclic) bond motifs is 1. The Hall–Kier alpha value is -2.62. The number of rotatable bonds is 5. The Morgan fingerprint density at radius 3 is 2.48 bits per heavy atom. The van der Waals surface area contributed by atoms with Gasteiger partial charge in [0.1, 0.15) is 11.6 Å².